The lowest BCUT2D eigenvalue weighted by Gasteiger charge is -2.22. The molecule has 0 N–H and O–H groups in total. The standard InChI is InChI=1S/C15H12F3NO5S/c1-23-10-2-3-12-9(6-10)4-5-19-13(12)7-11(8-14(19)20)24-25(21,22)15(16,17)18/h2-3,6-8H,4-5H2,1H3. The zero-order valence-electron chi connectivity index (χ0n) is 12.8. The van der Waals surface area contributed by atoms with Gasteiger partial charge in [0.1, 0.15) is 5.75 Å². The number of fused-ring (bicyclic) bond motifs is 3. The van der Waals surface area contributed by atoms with Crippen molar-refractivity contribution in [1.29, 1.82) is 0 Å². The summed E-state index contributed by atoms with van der Waals surface area (Å²) in [6.07, 6.45) is 0.528. The maximum absolute atomic E-state index is 12.5. The van der Waals surface area contributed by atoms with Crippen LogP contribution in [0.3, 0.4) is 0 Å². The van der Waals surface area contributed by atoms with E-state index in [1.807, 2.05) is 0 Å². The van der Waals surface area contributed by atoms with E-state index in [0.29, 0.717) is 24.3 Å². The second kappa shape index (κ2) is 5.80. The fraction of sp³-hybridized carbons (Fsp3) is 0.267. The van der Waals surface area contributed by atoms with Crippen molar-refractivity contribution < 1.29 is 30.5 Å². The number of halogens is 3. The molecule has 25 heavy (non-hydrogen) atoms. The van der Waals surface area contributed by atoms with Gasteiger partial charge in [0.15, 0.2) is 5.75 Å². The number of aryl methyl sites for hydroxylation is 1. The first-order chi connectivity index (χ1) is 11.6. The van der Waals surface area contributed by atoms with Crippen molar-refractivity contribution in [3.8, 4) is 22.8 Å². The number of hydrogen-bond acceptors (Lipinski definition) is 5. The highest BCUT2D eigenvalue weighted by Gasteiger charge is 2.48. The number of hydrogen-bond donors (Lipinski definition) is 0. The van der Waals surface area contributed by atoms with E-state index in [1.165, 1.54) is 11.7 Å². The quantitative estimate of drug-likeness (QED) is 0.608. The highest BCUT2D eigenvalue weighted by molar-refractivity contribution is 7.88. The molecule has 6 nitrogen and oxygen atoms in total. The van der Waals surface area contributed by atoms with Crippen molar-refractivity contribution in [2.45, 2.75) is 18.5 Å². The molecule has 3 rings (SSSR count). The summed E-state index contributed by atoms with van der Waals surface area (Å²) in [6, 6.07) is 6.87. The minimum atomic E-state index is -5.85. The maximum Gasteiger partial charge on any atom is 0.534 e. The van der Waals surface area contributed by atoms with E-state index in [0.717, 1.165) is 17.7 Å². The molecule has 1 aliphatic heterocycles. The Morgan fingerprint density at radius 3 is 2.48 bits per heavy atom. The lowest BCUT2D eigenvalue weighted by atomic mass is 9.97. The summed E-state index contributed by atoms with van der Waals surface area (Å²) in [5.41, 5.74) is -4.52. The Kier molecular flexibility index (Phi) is 4.02. The molecule has 2 heterocycles. The predicted octanol–water partition coefficient (Wildman–Crippen LogP) is 2.31. The zero-order valence-corrected chi connectivity index (χ0v) is 13.6. The highest BCUT2D eigenvalue weighted by atomic mass is 32.2. The molecule has 0 saturated heterocycles. The van der Waals surface area contributed by atoms with Crippen LogP contribution in [0.5, 0.6) is 11.5 Å². The van der Waals surface area contributed by atoms with Gasteiger partial charge in [-0.1, -0.05) is 0 Å². The Morgan fingerprint density at radius 2 is 1.84 bits per heavy atom. The van der Waals surface area contributed by atoms with Gasteiger partial charge in [0, 0.05) is 24.2 Å². The van der Waals surface area contributed by atoms with Crippen molar-refractivity contribution >= 4 is 10.1 Å². The number of nitrogens with zero attached hydrogens (tertiary/aromatic N) is 1. The summed E-state index contributed by atoms with van der Waals surface area (Å²) in [5.74, 6) is -0.0844. The number of pyridine rings is 1. The van der Waals surface area contributed by atoms with E-state index in [9.17, 15) is 26.4 Å². The molecule has 0 bridgehead atoms. The maximum atomic E-state index is 12.5. The van der Waals surface area contributed by atoms with Crippen LogP contribution >= 0.6 is 0 Å². The van der Waals surface area contributed by atoms with Crippen LogP contribution in [0, 0.1) is 0 Å². The third kappa shape index (κ3) is 3.09. The molecule has 1 aromatic heterocycles. The van der Waals surface area contributed by atoms with Crippen molar-refractivity contribution in [1.82, 2.24) is 4.57 Å². The lowest BCUT2D eigenvalue weighted by molar-refractivity contribution is -0.0500. The van der Waals surface area contributed by atoms with Crippen LogP contribution in [0.1, 0.15) is 5.56 Å². The molecule has 1 aromatic carbocycles. The topological polar surface area (TPSA) is 74.6 Å². The Labute approximate surface area is 140 Å². The van der Waals surface area contributed by atoms with Crippen LogP contribution in [-0.4, -0.2) is 25.6 Å². The van der Waals surface area contributed by atoms with E-state index in [-0.39, 0.29) is 5.69 Å². The highest BCUT2D eigenvalue weighted by Crippen LogP contribution is 2.34. The summed E-state index contributed by atoms with van der Waals surface area (Å²) in [6.45, 7) is 0.306. The second-order valence-corrected chi connectivity index (χ2v) is 6.86. The molecule has 0 atom stereocenters. The summed E-state index contributed by atoms with van der Waals surface area (Å²) < 4.78 is 70.3. The average Bonchev–Trinajstić information content (AvgIpc) is 2.52. The zero-order chi connectivity index (χ0) is 18.4. The van der Waals surface area contributed by atoms with Gasteiger partial charge in [-0.15, -0.1) is 0 Å². The lowest BCUT2D eigenvalue weighted by Crippen LogP contribution is -2.30. The third-order valence-corrected chi connectivity index (χ3v) is 4.76. The first-order valence-electron chi connectivity index (χ1n) is 7.05. The predicted molar refractivity (Wildman–Crippen MR) is 82.0 cm³/mol. The van der Waals surface area contributed by atoms with E-state index in [1.54, 1.807) is 18.2 Å². The molecule has 0 fully saturated rings. The molecule has 2 aromatic rings. The van der Waals surface area contributed by atoms with Crippen molar-refractivity contribution in [2.75, 3.05) is 7.11 Å². The number of rotatable bonds is 3. The molecule has 0 radical (unpaired) electrons. The van der Waals surface area contributed by atoms with Gasteiger partial charge in [0.2, 0.25) is 0 Å². The number of aromatic nitrogens is 1. The van der Waals surface area contributed by atoms with Crippen LogP contribution in [0.25, 0.3) is 11.3 Å². The smallest absolute Gasteiger partial charge is 0.497 e. The molecule has 0 amide bonds. The molecule has 134 valence electrons. The van der Waals surface area contributed by atoms with Gasteiger partial charge in [0.25, 0.3) is 5.56 Å². The molecular formula is C15H12F3NO5S. The fourth-order valence-corrected chi connectivity index (χ4v) is 3.08. The largest absolute Gasteiger partial charge is 0.534 e. The van der Waals surface area contributed by atoms with Gasteiger partial charge in [-0.2, -0.15) is 21.6 Å². The molecule has 1 aliphatic rings. The Balaban J connectivity index is 2.10. The van der Waals surface area contributed by atoms with Gasteiger partial charge < -0.3 is 13.5 Å². The van der Waals surface area contributed by atoms with Crippen LogP contribution < -0.4 is 14.5 Å². The van der Waals surface area contributed by atoms with Gasteiger partial charge in [0.05, 0.1) is 12.8 Å². The fourth-order valence-electron chi connectivity index (χ4n) is 2.63. The molecular weight excluding hydrogens is 363 g/mol. The van der Waals surface area contributed by atoms with E-state index in [4.69, 9.17) is 4.74 Å². The van der Waals surface area contributed by atoms with Crippen LogP contribution in [0.2, 0.25) is 0 Å². The normalized spacial score (nSPS) is 13.8. The first kappa shape index (κ1) is 17.3. The average molecular weight is 375 g/mol. The molecule has 0 spiro atoms. The monoisotopic (exact) mass is 375 g/mol. The van der Waals surface area contributed by atoms with Crippen molar-refractivity contribution in [2.24, 2.45) is 0 Å². The number of benzene rings is 1. The number of methoxy groups -OCH3 is 1. The summed E-state index contributed by atoms with van der Waals surface area (Å²) in [5, 5.41) is 0. The van der Waals surface area contributed by atoms with Crippen LogP contribution in [0.4, 0.5) is 13.2 Å². The van der Waals surface area contributed by atoms with Crippen LogP contribution in [-0.2, 0) is 23.1 Å². The molecule has 0 aliphatic carbocycles. The summed E-state index contributed by atoms with van der Waals surface area (Å²) >= 11 is 0. The van der Waals surface area contributed by atoms with Crippen LogP contribution in [0.15, 0.2) is 35.1 Å². The van der Waals surface area contributed by atoms with Gasteiger partial charge >= 0.3 is 15.6 Å². The van der Waals surface area contributed by atoms with Gasteiger partial charge in [-0.25, -0.2) is 0 Å². The molecule has 0 unspecified atom stereocenters. The van der Waals surface area contributed by atoms with E-state index >= 15 is 0 Å². The van der Waals surface area contributed by atoms with Gasteiger partial charge in [-0.3, -0.25) is 4.79 Å². The minimum Gasteiger partial charge on any atom is -0.497 e. The molecule has 10 heteroatoms. The Bertz CT molecular complexity index is 995. The third-order valence-electron chi connectivity index (χ3n) is 3.78. The number of alkyl halides is 3. The summed E-state index contributed by atoms with van der Waals surface area (Å²) in [4.78, 5) is 12.1. The number of ether oxygens (including phenoxy) is 1. The molecule has 0 saturated carbocycles. The first-order valence-corrected chi connectivity index (χ1v) is 8.46. The summed E-state index contributed by atoms with van der Waals surface area (Å²) in [7, 11) is -4.35. The van der Waals surface area contributed by atoms with Crippen molar-refractivity contribution in [3.63, 3.8) is 0 Å². The SMILES string of the molecule is COc1ccc2c(c1)CCn1c-2cc(OS(=O)(=O)C(F)(F)F)cc1=O. The van der Waals surface area contributed by atoms with Crippen molar-refractivity contribution in [3.05, 3.63) is 46.2 Å². The Morgan fingerprint density at radius 1 is 1.12 bits per heavy atom. The van der Waals surface area contributed by atoms with Gasteiger partial charge in [-0.05, 0) is 30.2 Å². The second-order valence-electron chi connectivity index (χ2n) is 5.32. The van der Waals surface area contributed by atoms with E-state index < -0.39 is 26.9 Å². The minimum absolute atomic E-state index is 0.281. The van der Waals surface area contributed by atoms with E-state index in [2.05, 4.69) is 4.18 Å². The Hall–Kier alpha value is -2.49.